The monoisotopic (exact) mass is 582 g/mol. The third kappa shape index (κ3) is 6.50. The van der Waals surface area contributed by atoms with Gasteiger partial charge in [0.2, 0.25) is 10.0 Å². The van der Waals surface area contributed by atoms with Crippen molar-refractivity contribution in [2.75, 3.05) is 39.2 Å². The Morgan fingerprint density at radius 2 is 1.88 bits per heavy atom. The van der Waals surface area contributed by atoms with Crippen LogP contribution in [0.25, 0.3) is 0 Å². The molecule has 0 spiro atoms. The molecule has 0 saturated carbocycles. The summed E-state index contributed by atoms with van der Waals surface area (Å²) in [6.07, 6.45) is 2.28. The fourth-order valence-corrected chi connectivity index (χ4v) is 5.72. The Bertz CT molecular complexity index is 1480. The van der Waals surface area contributed by atoms with Crippen LogP contribution in [-0.4, -0.2) is 85.5 Å². The number of nitrogens with zero attached hydrogens (tertiary/aromatic N) is 3. The van der Waals surface area contributed by atoms with Crippen molar-refractivity contribution in [1.29, 1.82) is 0 Å². The van der Waals surface area contributed by atoms with Gasteiger partial charge >= 0.3 is 0 Å². The number of likely N-dealkylation sites (N-methyl/N-ethyl adjacent to an activating group) is 1. The number of fused-ring (bicyclic) bond motifs is 1. The van der Waals surface area contributed by atoms with Gasteiger partial charge in [-0.2, -0.15) is 4.31 Å². The number of anilines is 1. The average molecular weight is 583 g/mol. The van der Waals surface area contributed by atoms with Crippen LogP contribution in [0.15, 0.2) is 71.9 Å². The van der Waals surface area contributed by atoms with Crippen molar-refractivity contribution in [2.45, 2.75) is 30.9 Å². The molecule has 2 heterocycles. The number of aromatic nitrogens is 1. The van der Waals surface area contributed by atoms with Crippen molar-refractivity contribution in [2.24, 2.45) is 5.92 Å². The van der Waals surface area contributed by atoms with Crippen LogP contribution >= 0.6 is 0 Å². The Hall–Kier alpha value is -4.00. The fourth-order valence-electron chi connectivity index (χ4n) is 4.54. The van der Waals surface area contributed by atoms with E-state index in [4.69, 9.17) is 9.47 Å². The molecule has 1 aliphatic rings. The zero-order valence-electron chi connectivity index (χ0n) is 23.4. The van der Waals surface area contributed by atoms with Crippen LogP contribution < -0.4 is 14.8 Å². The number of carbonyl (C=O) groups excluding carboxylic acids is 2. The predicted molar refractivity (Wildman–Crippen MR) is 153 cm³/mol. The van der Waals surface area contributed by atoms with Gasteiger partial charge in [0.05, 0.1) is 42.4 Å². The number of hydrogen-bond donors (Lipinski definition) is 2. The Labute approximate surface area is 239 Å². The molecular formula is C29H34N4O7S. The van der Waals surface area contributed by atoms with E-state index in [9.17, 15) is 23.1 Å². The lowest BCUT2D eigenvalue weighted by Gasteiger charge is -2.38. The number of amides is 2. The number of pyridine rings is 1. The first-order valence-corrected chi connectivity index (χ1v) is 14.5. The number of nitrogens with one attached hydrogen (secondary N) is 1. The van der Waals surface area contributed by atoms with Gasteiger partial charge in [0, 0.05) is 37.5 Å². The van der Waals surface area contributed by atoms with Gasteiger partial charge in [0.25, 0.3) is 11.8 Å². The molecule has 3 atom stereocenters. The first-order valence-electron chi connectivity index (χ1n) is 13.1. The highest BCUT2D eigenvalue weighted by Crippen LogP contribution is 2.35. The molecule has 2 N–H and O–H groups in total. The van der Waals surface area contributed by atoms with Crippen LogP contribution in [0, 0.1) is 5.92 Å². The smallest absolute Gasteiger partial charge is 0.258 e. The summed E-state index contributed by atoms with van der Waals surface area (Å²) in [5, 5.41) is 12.7. The molecule has 0 bridgehead atoms. The Kier molecular flexibility index (Phi) is 9.26. The molecule has 0 unspecified atom stereocenters. The molecule has 2 amide bonds. The van der Waals surface area contributed by atoms with E-state index in [0.29, 0.717) is 11.3 Å². The second-order valence-electron chi connectivity index (χ2n) is 9.96. The highest BCUT2D eigenvalue weighted by Gasteiger charge is 2.36. The third-order valence-corrected chi connectivity index (χ3v) is 8.92. The first-order chi connectivity index (χ1) is 19.6. The van der Waals surface area contributed by atoms with Gasteiger partial charge in [0.1, 0.15) is 11.9 Å². The maximum atomic E-state index is 13.7. The molecule has 0 radical (unpaired) electrons. The number of rotatable bonds is 9. The van der Waals surface area contributed by atoms with Crippen molar-refractivity contribution in [1.82, 2.24) is 14.2 Å². The summed E-state index contributed by atoms with van der Waals surface area (Å²) < 4.78 is 39.6. The molecule has 3 aromatic rings. The van der Waals surface area contributed by atoms with E-state index in [2.05, 4.69) is 10.3 Å². The number of aliphatic hydroxyl groups excluding tert-OH is 1. The topological polar surface area (TPSA) is 138 Å². The van der Waals surface area contributed by atoms with Crippen molar-refractivity contribution in [3.8, 4) is 11.5 Å². The Morgan fingerprint density at radius 3 is 2.51 bits per heavy atom. The summed E-state index contributed by atoms with van der Waals surface area (Å²) in [6.45, 7) is 3.50. The van der Waals surface area contributed by atoms with Gasteiger partial charge in [-0.05, 0) is 55.5 Å². The van der Waals surface area contributed by atoms with E-state index in [1.807, 2.05) is 6.92 Å². The van der Waals surface area contributed by atoms with Gasteiger partial charge in [-0.25, -0.2) is 8.42 Å². The summed E-state index contributed by atoms with van der Waals surface area (Å²) in [4.78, 5) is 32.2. The van der Waals surface area contributed by atoms with E-state index in [1.165, 1.54) is 43.0 Å². The van der Waals surface area contributed by atoms with E-state index in [-0.39, 0.29) is 53.4 Å². The van der Waals surface area contributed by atoms with Crippen LogP contribution in [-0.2, 0) is 10.0 Å². The maximum absolute atomic E-state index is 13.7. The van der Waals surface area contributed by atoms with Crippen molar-refractivity contribution < 1.29 is 32.6 Å². The van der Waals surface area contributed by atoms with Gasteiger partial charge in [0.15, 0.2) is 5.75 Å². The standard InChI is InChI=1S/C29H34N4O7S/c1-19-16-33(20(2)18-34)29(36)24-6-5-7-25(31-28(35)21-12-14-30-15-13-21)27(24)40-26(19)17-32(3)41(37,38)23-10-8-22(39-4)9-11-23/h5-15,19-20,26,34H,16-18H2,1-4H3,(H,31,35)/t19-,20+,26-/m0/s1. The summed E-state index contributed by atoms with van der Waals surface area (Å²) in [7, 11) is -0.930. The van der Waals surface area contributed by atoms with Crippen LogP contribution in [0.4, 0.5) is 5.69 Å². The van der Waals surface area contributed by atoms with Crippen LogP contribution in [0.1, 0.15) is 34.6 Å². The minimum Gasteiger partial charge on any atom is -0.497 e. The van der Waals surface area contributed by atoms with Crippen LogP contribution in [0.5, 0.6) is 11.5 Å². The van der Waals surface area contributed by atoms with Crippen LogP contribution in [0.2, 0.25) is 0 Å². The fraction of sp³-hybridized carbons (Fsp3) is 0.345. The number of carbonyl (C=O) groups is 2. The lowest BCUT2D eigenvalue weighted by Crippen LogP contribution is -2.50. The number of hydrogen-bond acceptors (Lipinski definition) is 8. The molecule has 4 rings (SSSR count). The quantitative estimate of drug-likeness (QED) is 0.393. The summed E-state index contributed by atoms with van der Waals surface area (Å²) in [5.74, 6) is -0.487. The maximum Gasteiger partial charge on any atom is 0.258 e. The molecule has 218 valence electrons. The SMILES string of the molecule is COc1ccc(S(=O)(=O)N(C)C[C@@H]2Oc3c(NC(=O)c4ccncc4)cccc3C(=O)N([C@H](C)CO)C[C@@H]2C)cc1. The molecule has 2 aromatic carbocycles. The number of para-hydroxylation sites is 1. The first kappa shape index (κ1) is 30.0. The Morgan fingerprint density at radius 1 is 1.20 bits per heavy atom. The molecule has 0 aliphatic carbocycles. The van der Waals surface area contributed by atoms with Gasteiger partial charge in [-0.15, -0.1) is 0 Å². The highest BCUT2D eigenvalue weighted by molar-refractivity contribution is 7.89. The van der Waals surface area contributed by atoms with E-state index < -0.39 is 28.1 Å². The van der Waals surface area contributed by atoms with Crippen molar-refractivity contribution in [3.63, 3.8) is 0 Å². The second-order valence-corrected chi connectivity index (χ2v) is 12.0. The Balaban J connectivity index is 1.71. The average Bonchev–Trinajstić information content (AvgIpc) is 2.99. The zero-order chi connectivity index (χ0) is 29.7. The minimum absolute atomic E-state index is 0.0445. The van der Waals surface area contributed by atoms with Crippen molar-refractivity contribution >= 4 is 27.5 Å². The van der Waals surface area contributed by atoms with E-state index >= 15 is 0 Å². The highest BCUT2D eigenvalue weighted by atomic mass is 32.2. The lowest BCUT2D eigenvalue weighted by molar-refractivity contribution is 0.0388. The molecule has 0 fully saturated rings. The molecular weight excluding hydrogens is 548 g/mol. The molecule has 41 heavy (non-hydrogen) atoms. The summed E-state index contributed by atoms with van der Waals surface area (Å²) in [6, 6.07) is 13.5. The lowest BCUT2D eigenvalue weighted by atomic mass is 9.99. The van der Waals surface area contributed by atoms with E-state index in [0.717, 1.165) is 0 Å². The third-order valence-electron chi connectivity index (χ3n) is 7.09. The zero-order valence-corrected chi connectivity index (χ0v) is 24.2. The van der Waals surface area contributed by atoms with Crippen molar-refractivity contribution in [3.05, 3.63) is 78.1 Å². The van der Waals surface area contributed by atoms with Crippen LogP contribution in [0.3, 0.4) is 0 Å². The molecule has 1 aromatic heterocycles. The van der Waals surface area contributed by atoms with Gasteiger partial charge in [-0.3, -0.25) is 14.6 Å². The molecule has 0 saturated heterocycles. The molecule has 12 heteroatoms. The number of aliphatic hydroxyl groups is 1. The van der Waals surface area contributed by atoms with Gasteiger partial charge in [-0.1, -0.05) is 13.0 Å². The number of methoxy groups -OCH3 is 1. The predicted octanol–water partition coefficient (Wildman–Crippen LogP) is 2.88. The summed E-state index contributed by atoms with van der Waals surface area (Å²) >= 11 is 0. The normalized spacial score (nSPS) is 18.1. The minimum atomic E-state index is -3.89. The number of sulfonamides is 1. The van der Waals surface area contributed by atoms with E-state index in [1.54, 1.807) is 54.3 Å². The van der Waals surface area contributed by atoms with Gasteiger partial charge < -0.3 is 24.8 Å². The summed E-state index contributed by atoms with van der Waals surface area (Å²) in [5.41, 5.74) is 0.810. The second kappa shape index (κ2) is 12.7. The number of ether oxygens (including phenoxy) is 2. The molecule has 1 aliphatic heterocycles. The largest absolute Gasteiger partial charge is 0.497 e. The molecule has 11 nitrogen and oxygen atoms in total. The number of benzene rings is 2.